The van der Waals surface area contributed by atoms with Gasteiger partial charge in [0, 0.05) is 25.9 Å². The summed E-state index contributed by atoms with van der Waals surface area (Å²) in [6.07, 6.45) is -5.91. The Labute approximate surface area is 107 Å². The third-order valence-electron chi connectivity index (χ3n) is 3.40. The van der Waals surface area contributed by atoms with Gasteiger partial charge in [0.2, 0.25) is 5.92 Å². The fraction of sp³-hybridized carbons (Fsp3) is 1.00. The van der Waals surface area contributed by atoms with E-state index in [-0.39, 0.29) is 6.73 Å². The first-order chi connectivity index (χ1) is 8.74. The molecule has 0 N–H and O–H groups in total. The number of hydrogen-bond donors (Lipinski definition) is 0. The van der Waals surface area contributed by atoms with Crippen LogP contribution in [0.15, 0.2) is 0 Å². The molecule has 0 amide bonds. The van der Waals surface area contributed by atoms with Gasteiger partial charge in [-0.1, -0.05) is 0 Å². The van der Waals surface area contributed by atoms with Gasteiger partial charge in [-0.2, -0.15) is 13.2 Å². The van der Waals surface area contributed by atoms with E-state index in [1.165, 1.54) is 0 Å². The number of ether oxygens (including phenoxy) is 1. The highest BCUT2D eigenvalue weighted by molar-refractivity contribution is 5.03. The van der Waals surface area contributed by atoms with Gasteiger partial charge < -0.3 is 4.74 Å². The second kappa shape index (κ2) is 5.87. The summed E-state index contributed by atoms with van der Waals surface area (Å²) in [5.74, 6) is -3.20. The predicted molar refractivity (Wildman–Crippen MR) is 56.7 cm³/mol. The highest BCUT2D eigenvalue weighted by Gasteiger charge is 2.69. The number of alkyl halides is 6. The molecule has 1 aliphatic carbocycles. The number of rotatable bonds is 4. The van der Waals surface area contributed by atoms with Crippen LogP contribution in [0.25, 0.3) is 0 Å². The van der Waals surface area contributed by atoms with Crippen LogP contribution in [-0.4, -0.2) is 50.6 Å². The average Bonchev–Trinajstić information content (AvgIpc) is 2.20. The lowest BCUT2D eigenvalue weighted by molar-refractivity contribution is -0.323. The lowest BCUT2D eigenvalue weighted by Gasteiger charge is -2.48. The van der Waals surface area contributed by atoms with Crippen LogP contribution in [0.4, 0.5) is 26.3 Å². The predicted octanol–water partition coefficient (Wildman–Crippen LogP) is 3.23. The Morgan fingerprint density at radius 2 is 1.63 bits per heavy atom. The maximum absolute atomic E-state index is 12.7. The lowest BCUT2D eigenvalue weighted by Crippen LogP contribution is -2.57. The Hall–Kier alpha value is -0.500. The Bertz CT molecular complexity index is 281. The summed E-state index contributed by atoms with van der Waals surface area (Å²) < 4.78 is 77.8. The Kier molecular flexibility index (Phi) is 5.11. The zero-order chi connectivity index (χ0) is 14.7. The monoisotopic (exact) mass is 293 g/mol. The van der Waals surface area contributed by atoms with Gasteiger partial charge in [0.1, 0.15) is 5.41 Å². The van der Waals surface area contributed by atoms with Crippen LogP contribution < -0.4 is 0 Å². The van der Waals surface area contributed by atoms with E-state index in [1.54, 1.807) is 0 Å². The Morgan fingerprint density at radius 3 is 1.95 bits per heavy atom. The van der Waals surface area contributed by atoms with Crippen molar-refractivity contribution in [3.63, 3.8) is 0 Å². The molecule has 2 aliphatic rings. The standard InChI is InChI=1S/C10H14F5NO.CH3F/c11-9(12)4-8(5-9,10(13,14)15)6-17-7-16-2-1-3-16;1-2/h1-7H2;1H3. The normalized spacial score (nSPS) is 24.8. The minimum absolute atomic E-state index is 0.101. The highest BCUT2D eigenvalue weighted by atomic mass is 19.4. The van der Waals surface area contributed by atoms with Crippen LogP contribution in [0.3, 0.4) is 0 Å². The van der Waals surface area contributed by atoms with Gasteiger partial charge in [-0.25, -0.2) is 8.78 Å². The van der Waals surface area contributed by atoms with Crippen molar-refractivity contribution < 1.29 is 31.1 Å². The molecule has 1 aliphatic heterocycles. The van der Waals surface area contributed by atoms with Crippen LogP contribution in [-0.2, 0) is 4.74 Å². The fourth-order valence-corrected chi connectivity index (χ4v) is 2.20. The van der Waals surface area contributed by atoms with E-state index in [2.05, 4.69) is 0 Å². The number of nitrogens with zero attached hydrogens (tertiary/aromatic N) is 1. The van der Waals surface area contributed by atoms with Crippen molar-refractivity contribution in [1.82, 2.24) is 4.90 Å². The van der Waals surface area contributed by atoms with E-state index in [4.69, 9.17) is 4.74 Å². The van der Waals surface area contributed by atoms with Gasteiger partial charge in [-0.15, -0.1) is 0 Å². The Morgan fingerprint density at radius 1 is 1.11 bits per heavy atom. The second-order valence-electron chi connectivity index (χ2n) is 4.94. The van der Waals surface area contributed by atoms with Gasteiger partial charge in [0.05, 0.1) is 20.5 Å². The van der Waals surface area contributed by atoms with Gasteiger partial charge in [0.15, 0.2) is 0 Å². The maximum Gasteiger partial charge on any atom is 0.397 e. The molecule has 114 valence electrons. The average molecular weight is 293 g/mol. The minimum Gasteiger partial charge on any atom is -0.365 e. The molecule has 1 saturated heterocycles. The van der Waals surface area contributed by atoms with Gasteiger partial charge in [0.25, 0.3) is 0 Å². The van der Waals surface area contributed by atoms with Crippen LogP contribution in [0.2, 0.25) is 0 Å². The third-order valence-corrected chi connectivity index (χ3v) is 3.40. The lowest BCUT2D eigenvalue weighted by atomic mass is 9.66. The fourth-order valence-electron chi connectivity index (χ4n) is 2.20. The number of likely N-dealkylation sites (tertiary alicyclic amines) is 1. The summed E-state index contributed by atoms with van der Waals surface area (Å²) in [5, 5.41) is 0. The molecule has 0 bridgehead atoms. The first-order valence-electron chi connectivity index (χ1n) is 5.87. The van der Waals surface area contributed by atoms with E-state index in [0.717, 1.165) is 19.5 Å². The highest BCUT2D eigenvalue weighted by Crippen LogP contribution is 2.60. The summed E-state index contributed by atoms with van der Waals surface area (Å²) in [5.41, 5.74) is -2.35. The van der Waals surface area contributed by atoms with Crippen molar-refractivity contribution in [3.8, 4) is 0 Å². The van der Waals surface area contributed by atoms with E-state index in [0.29, 0.717) is 7.18 Å². The van der Waals surface area contributed by atoms with Gasteiger partial charge in [-0.05, 0) is 6.42 Å². The summed E-state index contributed by atoms with van der Waals surface area (Å²) in [7, 11) is 0.500. The molecule has 0 unspecified atom stereocenters. The molecule has 0 spiro atoms. The van der Waals surface area contributed by atoms with E-state index < -0.39 is 37.0 Å². The summed E-state index contributed by atoms with van der Waals surface area (Å²) in [4.78, 5) is 1.83. The molecule has 0 radical (unpaired) electrons. The first-order valence-corrected chi connectivity index (χ1v) is 5.87. The van der Waals surface area contributed by atoms with Crippen LogP contribution in [0.1, 0.15) is 19.3 Å². The zero-order valence-corrected chi connectivity index (χ0v) is 10.6. The molecular formula is C11H17F6NO. The van der Waals surface area contributed by atoms with Crippen molar-refractivity contribution in [2.75, 3.05) is 33.6 Å². The van der Waals surface area contributed by atoms with Crippen molar-refractivity contribution in [1.29, 1.82) is 0 Å². The molecule has 1 heterocycles. The molecule has 0 aromatic rings. The van der Waals surface area contributed by atoms with Crippen LogP contribution >= 0.6 is 0 Å². The van der Waals surface area contributed by atoms with Crippen molar-refractivity contribution in [2.45, 2.75) is 31.4 Å². The summed E-state index contributed by atoms with van der Waals surface area (Å²) >= 11 is 0. The van der Waals surface area contributed by atoms with Gasteiger partial charge >= 0.3 is 6.18 Å². The zero-order valence-electron chi connectivity index (χ0n) is 10.6. The van der Waals surface area contributed by atoms with Crippen LogP contribution in [0, 0.1) is 5.41 Å². The summed E-state index contributed by atoms with van der Waals surface area (Å²) in [6.45, 7) is 1.04. The van der Waals surface area contributed by atoms with Crippen molar-refractivity contribution in [2.24, 2.45) is 5.41 Å². The van der Waals surface area contributed by atoms with Crippen LogP contribution in [0.5, 0.6) is 0 Å². The molecule has 0 aromatic carbocycles. The second-order valence-corrected chi connectivity index (χ2v) is 4.94. The number of hydrogen-bond acceptors (Lipinski definition) is 2. The summed E-state index contributed by atoms with van der Waals surface area (Å²) in [6, 6.07) is 0. The molecule has 1 saturated carbocycles. The Balaban J connectivity index is 0.000000861. The minimum atomic E-state index is -4.62. The van der Waals surface area contributed by atoms with Crippen molar-refractivity contribution in [3.05, 3.63) is 0 Å². The van der Waals surface area contributed by atoms with E-state index >= 15 is 0 Å². The topological polar surface area (TPSA) is 12.5 Å². The van der Waals surface area contributed by atoms with E-state index in [9.17, 15) is 26.3 Å². The number of halogens is 6. The molecule has 19 heavy (non-hydrogen) atoms. The maximum atomic E-state index is 12.7. The van der Waals surface area contributed by atoms with Crippen molar-refractivity contribution >= 4 is 0 Å². The largest absolute Gasteiger partial charge is 0.397 e. The smallest absolute Gasteiger partial charge is 0.365 e. The van der Waals surface area contributed by atoms with Gasteiger partial charge in [-0.3, -0.25) is 9.29 Å². The molecular weight excluding hydrogens is 276 g/mol. The SMILES string of the molecule is CF.FC1(F)CC(COCN2CCC2)(C(F)(F)F)C1. The molecule has 2 fully saturated rings. The van der Waals surface area contributed by atoms with E-state index in [1.807, 2.05) is 4.90 Å². The molecule has 2 rings (SSSR count). The molecule has 2 nitrogen and oxygen atoms in total. The first kappa shape index (κ1) is 16.6. The third kappa shape index (κ3) is 3.75. The molecule has 8 heteroatoms. The molecule has 0 atom stereocenters. The quantitative estimate of drug-likeness (QED) is 0.738. The molecule has 0 aromatic heterocycles.